The quantitative estimate of drug-likeness (QED) is 0.206. The molecule has 5 rings (SSSR count). The Morgan fingerprint density at radius 2 is 1.59 bits per heavy atom. The van der Waals surface area contributed by atoms with Gasteiger partial charge in [-0.3, -0.25) is 4.79 Å². The van der Waals surface area contributed by atoms with Crippen LogP contribution >= 0.6 is 0 Å². The maximum Gasteiger partial charge on any atom is 0.341 e. The van der Waals surface area contributed by atoms with Crippen LogP contribution in [0.5, 0.6) is 11.5 Å². The van der Waals surface area contributed by atoms with E-state index in [-0.39, 0.29) is 18.3 Å². The lowest BCUT2D eigenvalue weighted by Crippen LogP contribution is -2.55. The highest BCUT2D eigenvalue weighted by molar-refractivity contribution is 6.03. The van der Waals surface area contributed by atoms with E-state index in [0.29, 0.717) is 29.9 Å². The molecule has 4 aromatic rings. The highest BCUT2D eigenvalue weighted by Crippen LogP contribution is 2.49. The largest absolute Gasteiger partial charge is 0.488 e. The van der Waals surface area contributed by atoms with Gasteiger partial charge in [0.1, 0.15) is 23.9 Å². The van der Waals surface area contributed by atoms with Gasteiger partial charge in [-0.05, 0) is 60.4 Å². The predicted molar refractivity (Wildman–Crippen MR) is 151 cm³/mol. The number of aliphatic hydroxyl groups excluding tert-OH is 1. The van der Waals surface area contributed by atoms with Crippen molar-refractivity contribution in [2.45, 2.75) is 31.6 Å². The predicted octanol–water partition coefficient (Wildman–Crippen LogP) is 6.09. The number of halogens is 1. The maximum absolute atomic E-state index is 13.5. The molecule has 0 radical (unpaired) electrons. The van der Waals surface area contributed by atoms with Gasteiger partial charge < -0.3 is 24.6 Å². The van der Waals surface area contributed by atoms with Gasteiger partial charge in [-0.1, -0.05) is 60.7 Å². The molecule has 41 heavy (non-hydrogen) atoms. The Bertz CT molecular complexity index is 1480. The van der Waals surface area contributed by atoms with Gasteiger partial charge in [-0.25, -0.2) is 9.18 Å². The van der Waals surface area contributed by atoms with E-state index in [1.807, 2.05) is 60.7 Å². The summed E-state index contributed by atoms with van der Waals surface area (Å²) < 4.78 is 25.0. The number of benzene rings is 4. The molecule has 8 heteroatoms. The molecule has 0 spiro atoms. The van der Waals surface area contributed by atoms with Crippen LogP contribution in [0.4, 0.5) is 10.1 Å². The molecule has 7 nitrogen and oxygen atoms in total. The summed E-state index contributed by atoms with van der Waals surface area (Å²) in [5.41, 5.74) is 3.01. The molecule has 1 heterocycles. The average Bonchev–Trinajstić information content (AvgIpc) is 2.99. The van der Waals surface area contributed by atoms with Crippen molar-refractivity contribution in [2.24, 2.45) is 5.92 Å². The zero-order valence-electron chi connectivity index (χ0n) is 22.2. The number of hydrogen-bond donors (Lipinski definition) is 2. The molecule has 210 valence electrons. The third kappa shape index (κ3) is 6.56. The normalized spacial score (nSPS) is 17.0. The van der Waals surface area contributed by atoms with E-state index >= 15 is 0 Å². The first-order chi connectivity index (χ1) is 19.9. The number of ether oxygens (including phenoxy) is 2. The maximum atomic E-state index is 13.5. The zero-order valence-corrected chi connectivity index (χ0v) is 22.2. The standard InChI is InChI=1S/C33H30FNO6/c34-24-13-11-23(12-14-24)29(36)18-17-28-32(35(33(28)39)25-9-5-2-6-10-25)27-16-15-26(40-21-31(37)38)19-30(27)41-20-22-7-3-1-4-8-22/h1-16,19,28-29,32,36H,17-18,20-21H2,(H,37,38)/t28-,29+,32-/m1/s1. The van der Waals surface area contributed by atoms with Gasteiger partial charge in [0, 0.05) is 17.3 Å². The van der Waals surface area contributed by atoms with E-state index < -0.39 is 30.6 Å². The number of carbonyl (C=O) groups excluding carboxylic acids is 1. The fourth-order valence-electron chi connectivity index (χ4n) is 5.11. The molecule has 0 aromatic heterocycles. The number of aliphatic hydroxyl groups is 1. The van der Waals surface area contributed by atoms with Crippen molar-refractivity contribution in [3.8, 4) is 11.5 Å². The van der Waals surface area contributed by atoms with Gasteiger partial charge >= 0.3 is 5.97 Å². The summed E-state index contributed by atoms with van der Waals surface area (Å²) in [7, 11) is 0. The number of carbonyl (C=O) groups is 2. The van der Waals surface area contributed by atoms with Gasteiger partial charge in [0.05, 0.1) is 18.1 Å². The number of anilines is 1. The molecule has 1 aliphatic rings. The lowest BCUT2D eigenvalue weighted by atomic mass is 9.78. The summed E-state index contributed by atoms with van der Waals surface area (Å²) in [6.45, 7) is -0.240. The molecule has 1 saturated heterocycles. The summed E-state index contributed by atoms with van der Waals surface area (Å²) in [4.78, 5) is 26.3. The highest BCUT2D eigenvalue weighted by Gasteiger charge is 2.49. The summed E-state index contributed by atoms with van der Waals surface area (Å²) in [6.07, 6.45) is -0.155. The van der Waals surface area contributed by atoms with Crippen molar-refractivity contribution < 1.29 is 33.7 Å². The Hall–Kier alpha value is -4.69. The van der Waals surface area contributed by atoms with Crippen LogP contribution < -0.4 is 14.4 Å². The second-order valence-corrected chi connectivity index (χ2v) is 9.90. The lowest BCUT2D eigenvalue weighted by Gasteiger charge is -2.48. The van der Waals surface area contributed by atoms with E-state index in [1.54, 1.807) is 35.2 Å². The van der Waals surface area contributed by atoms with E-state index in [0.717, 1.165) is 16.8 Å². The minimum Gasteiger partial charge on any atom is -0.488 e. The number of amides is 1. The third-order valence-electron chi connectivity index (χ3n) is 7.16. The number of aliphatic carboxylic acids is 1. The van der Waals surface area contributed by atoms with Crippen molar-refractivity contribution in [3.63, 3.8) is 0 Å². The lowest BCUT2D eigenvalue weighted by molar-refractivity contribution is -0.139. The molecule has 1 amide bonds. The van der Waals surface area contributed by atoms with Crippen LogP contribution in [0.1, 0.15) is 41.7 Å². The van der Waals surface area contributed by atoms with E-state index in [1.165, 1.54) is 12.1 Å². The number of para-hydroxylation sites is 1. The van der Waals surface area contributed by atoms with Gasteiger partial charge in [-0.15, -0.1) is 0 Å². The molecule has 3 atom stereocenters. The Morgan fingerprint density at radius 3 is 2.27 bits per heavy atom. The fourth-order valence-corrected chi connectivity index (χ4v) is 5.11. The van der Waals surface area contributed by atoms with Crippen molar-refractivity contribution in [2.75, 3.05) is 11.5 Å². The first kappa shape index (κ1) is 27.9. The van der Waals surface area contributed by atoms with E-state index in [4.69, 9.17) is 14.6 Å². The first-order valence-electron chi connectivity index (χ1n) is 13.4. The number of hydrogen-bond acceptors (Lipinski definition) is 5. The number of β-lactam (4-membered cyclic amide) rings is 1. The Balaban J connectivity index is 1.45. The number of carboxylic acids is 1. The molecule has 1 fully saturated rings. The topological polar surface area (TPSA) is 96.3 Å². The third-order valence-corrected chi connectivity index (χ3v) is 7.16. The van der Waals surface area contributed by atoms with Crippen LogP contribution in [-0.4, -0.2) is 28.7 Å². The molecular weight excluding hydrogens is 525 g/mol. The summed E-state index contributed by atoms with van der Waals surface area (Å²) >= 11 is 0. The fraction of sp³-hybridized carbons (Fsp3) is 0.212. The second-order valence-electron chi connectivity index (χ2n) is 9.90. The van der Waals surface area contributed by atoms with Crippen LogP contribution in [0.3, 0.4) is 0 Å². The molecule has 0 bridgehead atoms. The van der Waals surface area contributed by atoms with Crippen LogP contribution in [-0.2, 0) is 16.2 Å². The van der Waals surface area contributed by atoms with Gasteiger partial charge in [0.15, 0.2) is 6.61 Å². The van der Waals surface area contributed by atoms with Gasteiger partial charge in [0.2, 0.25) is 5.91 Å². The Morgan fingerprint density at radius 1 is 0.902 bits per heavy atom. The zero-order chi connectivity index (χ0) is 28.8. The van der Waals surface area contributed by atoms with Gasteiger partial charge in [0.25, 0.3) is 0 Å². The van der Waals surface area contributed by atoms with Crippen LogP contribution in [0.2, 0.25) is 0 Å². The van der Waals surface area contributed by atoms with Crippen LogP contribution in [0.15, 0.2) is 103 Å². The molecule has 1 aliphatic heterocycles. The van der Waals surface area contributed by atoms with E-state index in [2.05, 4.69) is 0 Å². The number of rotatable bonds is 12. The summed E-state index contributed by atoms with van der Waals surface area (Å²) in [5, 5.41) is 19.8. The minimum atomic E-state index is -1.10. The SMILES string of the molecule is O=C(O)COc1ccc([C@@H]2[C@@H](CC[C@H](O)c3ccc(F)cc3)C(=O)N2c2ccccc2)c(OCc2ccccc2)c1. The summed E-state index contributed by atoms with van der Waals surface area (Å²) in [6, 6.07) is 29.4. The molecular formula is C33H30FNO6. The van der Waals surface area contributed by atoms with Crippen molar-refractivity contribution >= 4 is 17.6 Å². The monoisotopic (exact) mass is 555 g/mol. The number of nitrogens with zero attached hydrogens (tertiary/aromatic N) is 1. The Labute approximate surface area is 237 Å². The smallest absolute Gasteiger partial charge is 0.341 e. The van der Waals surface area contributed by atoms with Crippen LogP contribution in [0, 0.1) is 11.7 Å². The van der Waals surface area contributed by atoms with Crippen molar-refractivity contribution in [1.82, 2.24) is 0 Å². The Kier molecular flexibility index (Phi) is 8.60. The molecule has 4 aromatic carbocycles. The minimum absolute atomic E-state index is 0.0762. The highest BCUT2D eigenvalue weighted by atomic mass is 19.1. The van der Waals surface area contributed by atoms with Crippen LogP contribution in [0.25, 0.3) is 0 Å². The second kappa shape index (κ2) is 12.7. The molecule has 2 N–H and O–H groups in total. The molecule has 0 unspecified atom stereocenters. The summed E-state index contributed by atoms with van der Waals surface area (Å²) in [5.74, 6) is -1.20. The van der Waals surface area contributed by atoms with E-state index in [9.17, 15) is 19.1 Å². The number of carboxylic acid groups (broad SMARTS) is 1. The average molecular weight is 556 g/mol. The van der Waals surface area contributed by atoms with Gasteiger partial charge in [-0.2, -0.15) is 0 Å². The molecule has 0 aliphatic carbocycles. The van der Waals surface area contributed by atoms with Crippen molar-refractivity contribution in [1.29, 1.82) is 0 Å². The first-order valence-corrected chi connectivity index (χ1v) is 13.4. The molecule has 0 saturated carbocycles. The van der Waals surface area contributed by atoms with Crippen molar-refractivity contribution in [3.05, 3.63) is 126 Å².